The number of imidazole rings is 1. The Balaban J connectivity index is 1.51. The fourth-order valence-corrected chi connectivity index (χ4v) is 3.57. The van der Waals surface area contributed by atoms with Crippen molar-refractivity contribution in [2.24, 2.45) is 0 Å². The molecule has 2 aromatic carbocycles. The van der Waals surface area contributed by atoms with E-state index in [-0.39, 0.29) is 30.9 Å². The third kappa shape index (κ3) is 4.26. The lowest BCUT2D eigenvalue weighted by atomic mass is 9.93. The molecular weight excluding hydrogens is 423 g/mol. The number of carbonyl (C=O) groups excluding carboxylic acids is 1. The zero-order valence-corrected chi connectivity index (χ0v) is 17.3. The highest BCUT2D eigenvalue weighted by molar-refractivity contribution is 6.01. The first-order valence-corrected chi connectivity index (χ1v) is 10.1. The number of hydrogen-bond acceptors (Lipinski definition) is 5. The van der Waals surface area contributed by atoms with Gasteiger partial charge < -0.3 is 25.6 Å². The Hall–Kier alpha value is -3.53. The molecular formula is C22H22F3N5O2. The highest BCUT2D eigenvalue weighted by Crippen LogP contribution is 2.31. The molecule has 7 nitrogen and oxygen atoms in total. The number of benzene rings is 2. The number of β-amino-alcohol motifs (C(OH)–C–C–N with tert-alkyl or cyclic N) is 1. The summed E-state index contributed by atoms with van der Waals surface area (Å²) in [7, 11) is 0. The lowest BCUT2D eigenvalue weighted by molar-refractivity contribution is -0.0707. The van der Waals surface area contributed by atoms with Gasteiger partial charge in [-0.2, -0.15) is 0 Å². The van der Waals surface area contributed by atoms with E-state index in [2.05, 4.69) is 20.6 Å². The monoisotopic (exact) mass is 445 g/mol. The molecule has 3 aromatic rings. The summed E-state index contributed by atoms with van der Waals surface area (Å²) in [6.45, 7) is 1.97. The number of H-pyrrole nitrogens is 1. The molecule has 0 aliphatic carbocycles. The van der Waals surface area contributed by atoms with Crippen LogP contribution < -0.4 is 10.6 Å². The molecule has 4 N–H and O–H groups in total. The van der Waals surface area contributed by atoms with E-state index in [4.69, 9.17) is 0 Å². The van der Waals surface area contributed by atoms with Crippen LogP contribution in [0.15, 0.2) is 42.7 Å². The summed E-state index contributed by atoms with van der Waals surface area (Å²) < 4.78 is 42.9. The van der Waals surface area contributed by atoms with Gasteiger partial charge in [-0.1, -0.05) is 13.0 Å². The van der Waals surface area contributed by atoms with Gasteiger partial charge in [0.1, 0.15) is 11.4 Å². The fourth-order valence-electron chi connectivity index (χ4n) is 3.57. The first-order chi connectivity index (χ1) is 15.3. The van der Waals surface area contributed by atoms with Crippen LogP contribution in [0.25, 0.3) is 0 Å². The van der Waals surface area contributed by atoms with E-state index < -0.39 is 34.6 Å². The van der Waals surface area contributed by atoms with Crippen LogP contribution in [0.2, 0.25) is 0 Å². The number of nitrogens with one attached hydrogen (secondary N) is 3. The number of aromatic nitrogens is 2. The zero-order chi connectivity index (χ0) is 22.9. The number of halogens is 3. The normalized spacial score (nSPS) is 14.7. The van der Waals surface area contributed by atoms with E-state index in [0.29, 0.717) is 12.4 Å². The third-order valence-electron chi connectivity index (χ3n) is 5.37. The van der Waals surface area contributed by atoms with Crippen molar-refractivity contribution in [1.29, 1.82) is 0 Å². The van der Waals surface area contributed by atoms with Crippen LogP contribution in [0.3, 0.4) is 0 Å². The summed E-state index contributed by atoms with van der Waals surface area (Å²) in [5, 5.41) is 16.0. The van der Waals surface area contributed by atoms with E-state index in [1.807, 2.05) is 6.92 Å². The largest absolute Gasteiger partial charge is 0.384 e. The fraction of sp³-hybridized carbons (Fsp3) is 0.273. The summed E-state index contributed by atoms with van der Waals surface area (Å²) in [5.74, 6) is -3.23. The maximum Gasteiger partial charge on any atom is 0.256 e. The standard InChI is InChI=1S/C22H22F3N5O2/c1-2-13-3-6-17(16(24)9-13)29-19-14(4-5-15(23)18(19)25)20(31)30-11-22(32,12-30)10-28-21-26-7-8-27-21/h3-9,29,32H,2,10-12H2,1H3,(H2,26,27,28). The summed E-state index contributed by atoms with van der Waals surface area (Å²) in [6.07, 6.45) is 3.79. The van der Waals surface area contributed by atoms with Gasteiger partial charge in [-0.05, 0) is 36.2 Å². The number of anilines is 3. The predicted octanol–water partition coefficient (Wildman–Crippen LogP) is 3.43. The van der Waals surface area contributed by atoms with Gasteiger partial charge in [-0.3, -0.25) is 4.79 Å². The maximum absolute atomic E-state index is 14.6. The van der Waals surface area contributed by atoms with Crippen LogP contribution in [0.1, 0.15) is 22.8 Å². The molecule has 0 saturated carbocycles. The van der Waals surface area contributed by atoms with Gasteiger partial charge in [0.05, 0.1) is 30.0 Å². The van der Waals surface area contributed by atoms with Gasteiger partial charge in [0.15, 0.2) is 17.6 Å². The number of nitrogens with zero attached hydrogens (tertiary/aromatic N) is 2. The molecule has 10 heteroatoms. The van der Waals surface area contributed by atoms with E-state index in [1.54, 1.807) is 18.5 Å². The number of carbonyl (C=O) groups is 1. The summed E-state index contributed by atoms with van der Waals surface area (Å²) >= 11 is 0. The van der Waals surface area contributed by atoms with Crippen LogP contribution >= 0.6 is 0 Å². The van der Waals surface area contributed by atoms with Crippen LogP contribution in [-0.4, -0.2) is 51.1 Å². The number of rotatable bonds is 7. The molecule has 168 valence electrons. The van der Waals surface area contributed by atoms with Crippen molar-refractivity contribution in [2.75, 3.05) is 30.3 Å². The van der Waals surface area contributed by atoms with Crippen molar-refractivity contribution in [3.05, 3.63) is 71.3 Å². The molecule has 0 unspecified atom stereocenters. The second-order valence-electron chi connectivity index (χ2n) is 7.75. The quantitative estimate of drug-likeness (QED) is 0.447. The number of aryl methyl sites for hydroxylation is 1. The molecule has 1 fully saturated rings. The van der Waals surface area contributed by atoms with Crippen molar-refractivity contribution in [2.45, 2.75) is 18.9 Å². The van der Waals surface area contributed by atoms with Gasteiger partial charge in [0, 0.05) is 18.9 Å². The minimum atomic E-state index is -1.29. The number of amides is 1. The van der Waals surface area contributed by atoms with E-state index in [9.17, 15) is 23.1 Å². The van der Waals surface area contributed by atoms with Gasteiger partial charge in [0.25, 0.3) is 5.91 Å². The molecule has 2 heterocycles. The van der Waals surface area contributed by atoms with Gasteiger partial charge in [-0.15, -0.1) is 0 Å². The maximum atomic E-state index is 14.6. The van der Waals surface area contributed by atoms with Crippen molar-refractivity contribution >= 4 is 23.2 Å². The zero-order valence-electron chi connectivity index (χ0n) is 17.3. The Bertz CT molecular complexity index is 1130. The highest BCUT2D eigenvalue weighted by atomic mass is 19.2. The molecule has 1 amide bonds. The number of likely N-dealkylation sites (tertiary alicyclic amines) is 1. The molecule has 32 heavy (non-hydrogen) atoms. The van der Waals surface area contributed by atoms with Gasteiger partial charge in [-0.25, -0.2) is 18.2 Å². The molecule has 4 rings (SSSR count). The molecule has 1 aliphatic heterocycles. The van der Waals surface area contributed by atoms with E-state index in [0.717, 1.165) is 17.7 Å². The summed E-state index contributed by atoms with van der Waals surface area (Å²) in [4.78, 5) is 21.1. The SMILES string of the molecule is CCc1ccc(Nc2c(C(=O)N3CC(O)(CNc4ncc[nH]4)C3)ccc(F)c2F)c(F)c1. The average molecular weight is 445 g/mol. The topological polar surface area (TPSA) is 93.3 Å². The van der Waals surface area contributed by atoms with E-state index in [1.165, 1.54) is 17.0 Å². The van der Waals surface area contributed by atoms with Gasteiger partial charge >= 0.3 is 0 Å². The molecule has 0 bridgehead atoms. The number of aliphatic hydroxyl groups is 1. The Morgan fingerprint density at radius 3 is 2.66 bits per heavy atom. The average Bonchev–Trinajstić information content (AvgIpc) is 3.28. The van der Waals surface area contributed by atoms with Gasteiger partial charge in [0.2, 0.25) is 0 Å². The second-order valence-corrected chi connectivity index (χ2v) is 7.75. The first-order valence-electron chi connectivity index (χ1n) is 10.1. The van der Waals surface area contributed by atoms with Crippen molar-refractivity contribution in [1.82, 2.24) is 14.9 Å². The smallest absolute Gasteiger partial charge is 0.256 e. The van der Waals surface area contributed by atoms with Crippen molar-refractivity contribution < 1.29 is 23.1 Å². The highest BCUT2D eigenvalue weighted by Gasteiger charge is 2.44. The van der Waals surface area contributed by atoms with Crippen LogP contribution in [0.5, 0.6) is 0 Å². The third-order valence-corrected chi connectivity index (χ3v) is 5.37. The summed E-state index contributed by atoms with van der Waals surface area (Å²) in [6, 6.07) is 6.35. The molecule has 0 radical (unpaired) electrons. The minimum absolute atomic E-state index is 0.0163. The van der Waals surface area contributed by atoms with Crippen LogP contribution in [-0.2, 0) is 6.42 Å². The van der Waals surface area contributed by atoms with Crippen molar-refractivity contribution in [3.8, 4) is 0 Å². The van der Waals surface area contributed by atoms with Crippen molar-refractivity contribution in [3.63, 3.8) is 0 Å². The second kappa shape index (κ2) is 8.54. The minimum Gasteiger partial charge on any atom is -0.384 e. The number of aromatic amines is 1. The Morgan fingerprint density at radius 2 is 2.00 bits per heavy atom. The Kier molecular flexibility index (Phi) is 5.79. The molecule has 1 saturated heterocycles. The lowest BCUT2D eigenvalue weighted by Gasteiger charge is -2.46. The molecule has 0 spiro atoms. The van der Waals surface area contributed by atoms with Crippen LogP contribution in [0, 0.1) is 17.5 Å². The Morgan fingerprint density at radius 1 is 1.22 bits per heavy atom. The molecule has 1 aliphatic rings. The number of hydrogen-bond donors (Lipinski definition) is 4. The van der Waals surface area contributed by atoms with Crippen LogP contribution in [0.4, 0.5) is 30.5 Å². The first kappa shape index (κ1) is 21.7. The summed E-state index contributed by atoms with van der Waals surface area (Å²) in [5.41, 5.74) is -1.15. The van der Waals surface area contributed by atoms with E-state index >= 15 is 0 Å². The Labute approximate surface area is 182 Å². The lowest BCUT2D eigenvalue weighted by Crippen LogP contribution is -2.66. The predicted molar refractivity (Wildman–Crippen MR) is 113 cm³/mol. The molecule has 1 aromatic heterocycles. The molecule has 0 atom stereocenters.